The van der Waals surface area contributed by atoms with Gasteiger partial charge in [-0.15, -0.1) is 0 Å². The Balaban J connectivity index is 1.35. The van der Waals surface area contributed by atoms with E-state index in [9.17, 15) is 9.59 Å². The first-order valence-corrected chi connectivity index (χ1v) is 11.0. The summed E-state index contributed by atoms with van der Waals surface area (Å²) in [6.07, 6.45) is 0.396. The second-order valence-corrected chi connectivity index (χ2v) is 8.26. The molecule has 32 heavy (non-hydrogen) atoms. The zero-order chi connectivity index (χ0) is 22.7. The third kappa shape index (κ3) is 4.44. The van der Waals surface area contributed by atoms with Gasteiger partial charge in [0, 0.05) is 44.4 Å². The Hall–Kier alpha value is -3.41. The van der Waals surface area contributed by atoms with Gasteiger partial charge in [-0.05, 0) is 43.2 Å². The molecule has 6 nitrogen and oxygen atoms in total. The highest BCUT2D eigenvalue weighted by atomic mass is 16.5. The predicted molar refractivity (Wildman–Crippen MR) is 127 cm³/mol. The number of methoxy groups -OCH3 is 1. The molecule has 0 aliphatic carbocycles. The molecule has 0 saturated carbocycles. The summed E-state index contributed by atoms with van der Waals surface area (Å²) in [7, 11) is 1.55. The number of carbonyl (C=O) groups excluding carboxylic acids is 2. The van der Waals surface area contributed by atoms with Gasteiger partial charge in [0.05, 0.1) is 18.2 Å². The average Bonchev–Trinajstić information content (AvgIpc) is 2.83. The fourth-order valence-electron chi connectivity index (χ4n) is 4.28. The fraction of sp³-hybridized carbons (Fsp3) is 0.346. The van der Waals surface area contributed by atoms with E-state index in [-0.39, 0.29) is 24.5 Å². The summed E-state index contributed by atoms with van der Waals surface area (Å²) in [5, 5.41) is 1.18. The molecule has 4 rings (SSSR count). The molecule has 0 radical (unpaired) electrons. The number of aryl methyl sites for hydroxylation is 2. The molecular weight excluding hydrogens is 402 g/mol. The number of carbonyl (C=O) groups is 2. The number of aromatic nitrogens is 1. The molecule has 1 saturated heterocycles. The van der Waals surface area contributed by atoms with Crippen LogP contribution in [0.1, 0.15) is 34.3 Å². The number of nitrogens with zero attached hydrogens (tertiary/aromatic N) is 3. The quantitative estimate of drug-likeness (QED) is 0.548. The van der Waals surface area contributed by atoms with Crippen LogP contribution in [0.15, 0.2) is 48.5 Å². The number of pyridine rings is 1. The van der Waals surface area contributed by atoms with Crippen molar-refractivity contribution in [3.05, 3.63) is 65.2 Å². The molecule has 2 aromatic carbocycles. The number of fused-ring (bicyclic) bond motifs is 1. The molecule has 1 aliphatic rings. The van der Waals surface area contributed by atoms with Crippen LogP contribution in [0.25, 0.3) is 10.9 Å². The lowest BCUT2D eigenvalue weighted by molar-refractivity contribution is -0.131. The number of hydrogen-bond donors (Lipinski definition) is 0. The number of ketones is 1. The van der Waals surface area contributed by atoms with Gasteiger partial charge in [0.15, 0.2) is 5.78 Å². The topological polar surface area (TPSA) is 62.7 Å². The van der Waals surface area contributed by atoms with E-state index < -0.39 is 0 Å². The molecule has 0 spiro atoms. The van der Waals surface area contributed by atoms with Crippen LogP contribution in [0.4, 0.5) is 5.82 Å². The standard InChI is InChI=1S/C26H29N3O3/c1-18-7-6-9-20-19(2)17-24(27-26(18)20)28-13-15-29(16-14-28)25(31)12-11-22(30)21-8-4-5-10-23(21)32-3/h4-10,17H,11-16H2,1-3H3. The van der Waals surface area contributed by atoms with Crippen molar-refractivity contribution in [3.8, 4) is 5.75 Å². The van der Waals surface area contributed by atoms with Crippen molar-refractivity contribution in [1.29, 1.82) is 0 Å². The molecule has 1 aliphatic heterocycles. The van der Waals surface area contributed by atoms with E-state index in [1.165, 1.54) is 16.5 Å². The first-order chi connectivity index (χ1) is 15.5. The van der Waals surface area contributed by atoms with Crippen molar-refractivity contribution in [2.45, 2.75) is 26.7 Å². The van der Waals surface area contributed by atoms with Gasteiger partial charge in [0.2, 0.25) is 5.91 Å². The van der Waals surface area contributed by atoms with Gasteiger partial charge in [-0.1, -0.05) is 30.3 Å². The number of benzene rings is 2. The maximum absolute atomic E-state index is 12.7. The third-order valence-corrected chi connectivity index (χ3v) is 6.16. The highest BCUT2D eigenvalue weighted by Gasteiger charge is 2.23. The van der Waals surface area contributed by atoms with Gasteiger partial charge in [-0.3, -0.25) is 9.59 Å². The summed E-state index contributed by atoms with van der Waals surface area (Å²) < 4.78 is 5.26. The molecule has 166 valence electrons. The second kappa shape index (κ2) is 9.39. The van der Waals surface area contributed by atoms with Gasteiger partial charge in [0.1, 0.15) is 11.6 Å². The Labute approximate surface area is 188 Å². The van der Waals surface area contributed by atoms with Gasteiger partial charge in [-0.25, -0.2) is 4.98 Å². The van der Waals surface area contributed by atoms with Crippen LogP contribution in [0.3, 0.4) is 0 Å². The SMILES string of the molecule is COc1ccccc1C(=O)CCC(=O)N1CCN(c2cc(C)c3cccc(C)c3n2)CC1. The van der Waals surface area contributed by atoms with Crippen molar-refractivity contribution in [3.63, 3.8) is 0 Å². The number of Topliss-reactive ketones (excluding diaryl/α,β-unsaturated/α-hetero) is 1. The van der Waals surface area contributed by atoms with Crippen molar-refractivity contribution >= 4 is 28.4 Å². The third-order valence-electron chi connectivity index (χ3n) is 6.16. The lowest BCUT2D eigenvalue weighted by Crippen LogP contribution is -2.49. The van der Waals surface area contributed by atoms with Gasteiger partial charge < -0.3 is 14.5 Å². The Morgan fingerprint density at radius 3 is 2.44 bits per heavy atom. The normalized spacial score (nSPS) is 14.0. The van der Waals surface area contributed by atoms with Crippen LogP contribution in [-0.2, 0) is 4.79 Å². The van der Waals surface area contributed by atoms with Crippen LogP contribution >= 0.6 is 0 Å². The minimum atomic E-state index is -0.0688. The van der Waals surface area contributed by atoms with Crippen LogP contribution in [0, 0.1) is 13.8 Å². The highest BCUT2D eigenvalue weighted by Crippen LogP contribution is 2.26. The zero-order valence-electron chi connectivity index (χ0n) is 18.9. The summed E-state index contributed by atoms with van der Waals surface area (Å²) in [6.45, 7) is 6.93. The molecule has 0 N–H and O–H groups in total. The number of anilines is 1. The number of piperazine rings is 1. The zero-order valence-corrected chi connectivity index (χ0v) is 18.9. The molecule has 2 heterocycles. The summed E-state index contributed by atoms with van der Waals surface area (Å²) in [6, 6.07) is 15.5. The maximum atomic E-state index is 12.7. The van der Waals surface area contributed by atoms with Crippen molar-refractivity contribution < 1.29 is 14.3 Å². The smallest absolute Gasteiger partial charge is 0.223 e. The molecule has 3 aromatic rings. The van der Waals surface area contributed by atoms with Crippen LogP contribution in [-0.4, -0.2) is 54.9 Å². The Morgan fingerprint density at radius 1 is 0.938 bits per heavy atom. The molecule has 0 unspecified atom stereocenters. The molecule has 1 amide bonds. The fourth-order valence-corrected chi connectivity index (χ4v) is 4.28. The number of ether oxygens (including phenoxy) is 1. The molecule has 0 atom stereocenters. The molecule has 1 aromatic heterocycles. The average molecular weight is 432 g/mol. The second-order valence-electron chi connectivity index (χ2n) is 8.26. The van der Waals surface area contributed by atoms with E-state index in [1.807, 2.05) is 11.0 Å². The van der Waals surface area contributed by atoms with Crippen LogP contribution < -0.4 is 9.64 Å². The Kier molecular flexibility index (Phi) is 6.40. The minimum absolute atomic E-state index is 0.0198. The lowest BCUT2D eigenvalue weighted by Gasteiger charge is -2.35. The number of rotatable bonds is 6. The van der Waals surface area contributed by atoms with E-state index in [0.29, 0.717) is 24.4 Å². The van der Waals surface area contributed by atoms with Crippen molar-refractivity contribution in [2.75, 3.05) is 38.2 Å². The van der Waals surface area contributed by atoms with E-state index in [0.717, 1.165) is 24.4 Å². The largest absolute Gasteiger partial charge is 0.496 e. The van der Waals surface area contributed by atoms with E-state index in [1.54, 1.807) is 25.3 Å². The molecular formula is C26H29N3O3. The van der Waals surface area contributed by atoms with Crippen LogP contribution in [0.2, 0.25) is 0 Å². The maximum Gasteiger partial charge on any atom is 0.223 e. The molecule has 1 fully saturated rings. The number of hydrogen-bond acceptors (Lipinski definition) is 5. The van der Waals surface area contributed by atoms with E-state index >= 15 is 0 Å². The van der Waals surface area contributed by atoms with Gasteiger partial charge in [-0.2, -0.15) is 0 Å². The Bertz CT molecular complexity index is 1150. The van der Waals surface area contributed by atoms with Crippen LogP contribution in [0.5, 0.6) is 5.75 Å². The molecule has 0 bridgehead atoms. The monoisotopic (exact) mass is 431 g/mol. The predicted octanol–water partition coefficient (Wildman–Crippen LogP) is 4.17. The summed E-state index contributed by atoms with van der Waals surface area (Å²) in [5.41, 5.74) is 3.94. The number of amides is 1. The minimum Gasteiger partial charge on any atom is -0.496 e. The number of para-hydroxylation sites is 2. The highest BCUT2D eigenvalue weighted by molar-refractivity contribution is 6.00. The van der Waals surface area contributed by atoms with Crippen molar-refractivity contribution in [2.24, 2.45) is 0 Å². The van der Waals surface area contributed by atoms with E-state index in [4.69, 9.17) is 9.72 Å². The lowest BCUT2D eigenvalue weighted by atomic mass is 10.0. The summed E-state index contributed by atoms with van der Waals surface area (Å²) in [5.74, 6) is 1.46. The molecule has 6 heteroatoms. The van der Waals surface area contributed by atoms with Gasteiger partial charge >= 0.3 is 0 Å². The summed E-state index contributed by atoms with van der Waals surface area (Å²) >= 11 is 0. The van der Waals surface area contributed by atoms with Crippen molar-refractivity contribution in [1.82, 2.24) is 9.88 Å². The first kappa shape index (κ1) is 21.8. The first-order valence-electron chi connectivity index (χ1n) is 11.0. The summed E-state index contributed by atoms with van der Waals surface area (Å²) in [4.78, 5) is 34.3. The van der Waals surface area contributed by atoms with Gasteiger partial charge in [0.25, 0.3) is 0 Å². The Morgan fingerprint density at radius 2 is 1.69 bits per heavy atom. The van der Waals surface area contributed by atoms with E-state index in [2.05, 4.69) is 43.0 Å².